The van der Waals surface area contributed by atoms with Crippen LogP contribution < -0.4 is 5.73 Å². The van der Waals surface area contributed by atoms with Gasteiger partial charge in [-0.3, -0.25) is 4.79 Å². The molecule has 1 fully saturated rings. The average molecular weight is 257 g/mol. The highest BCUT2D eigenvalue weighted by atomic mass is 16.2. The number of amides is 1. The van der Waals surface area contributed by atoms with Crippen LogP contribution in [0.3, 0.4) is 0 Å². The van der Waals surface area contributed by atoms with E-state index < -0.39 is 0 Å². The van der Waals surface area contributed by atoms with Gasteiger partial charge < -0.3 is 15.6 Å². The van der Waals surface area contributed by atoms with Crippen LogP contribution in [0.5, 0.6) is 0 Å². The summed E-state index contributed by atoms with van der Waals surface area (Å²) in [5, 5.41) is 0.998. The van der Waals surface area contributed by atoms with Gasteiger partial charge in [0.05, 0.1) is 0 Å². The second kappa shape index (κ2) is 4.96. The molecule has 1 saturated heterocycles. The minimum Gasteiger partial charge on any atom is -0.399 e. The standard InChI is InChI=1S/C15H19N3O/c16-12-5-6-13-11(9-12)10-14(17-13)15(19)18-7-3-1-2-4-8-18/h5-6,9-10,17H,1-4,7-8,16H2. The van der Waals surface area contributed by atoms with E-state index >= 15 is 0 Å². The van der Waals surface area contributed by atoms with E-state index in [1.54, 1.807) is 0 Å². The second-order valence-electron chi connectivity index (χ2n) is 5.24. The number of nitrogens with two attached hydrogens (primary N) is 1. The smallest absolute Gasteiger partial charge is 0.270 e. The highest BCUT2D eigenvalue weighted by Gasteiger charge is 2.18. The Kier molecular flexibility index (Phi) is 3.15. The number of rotatable bonds is 1. The molecule has 0 unspecified atom stereocenters. The first-order valence-corrected chi connectivity index (χ1v) is 6.91. The van der Waals surface area contributed by atoms with Crippen LogP contribution in [-0.2, 0) is 0 Å². The lowest BCUT2D eigenvalue weighted by Gasteiger charge is -2.19. The van der Waals surface area contributed by atoms with Gasteiger partial charge in [0.1, 0.15) is 5.69 Å². The predicted octanol–water partition coefficient (Wildman–Crippen LogP) is 2.77. The fraction of sp³-hybridized carbons (Fsp3) is 0.400. The van der Waals surface area contributed by atoms with Crippen molar-refractivity contribution >= 4 is 22.5 Å². The number of carbonyl (C=O) groups excluding carboxylic acids is 1. The summed E-state index contributed by atoms with van der Waals surface area (Å²) in [5.74, 6) is 0.108. The Morgan fingerprint density at radius 3 is 2.58 bits per heavy atom. The number of aromatic nitrogens is 1. The van der Waals surface area contributed by atoms with Crippen molar-refractivity contribution in [3.8, 4) is 0 Å². The van der Waals surface area contributed by atoms with Crippen molar-refractivity contribution in [1.82, 2.24) is 9.88 Å². The maximum absolute atomic E-state index is 12.5. The van der Waals surface area contributed by atoms with Crippen molar-refractivity contribution in [3.63, 3.8) is 0 Å². The highest BCUT2D eigenvalue weighted by Crippen LogP contribution is 2.20. The quantitative estimate of drug-likeness (QED) is 0.772. The molecule has 4 nitrogen and oxygen atoms in total. The Morgan fingerprint density at radius 1 is 1.11 bits per heavy atom. The number of nitrogens with zero attached hydrogens (tertiary/aromatic N) is 1. The summed E-state index contributed by atoms with van der Waals surface area (Å²) in [6.07, 6.45) is 4.68. The van der Waals surface area contributed by atoms with Gasteiger partial charge in [-0.2, -0.15) is 0 Å². The van der Waals surface area contributed by atoms with Crippen LogP contribution in [-0.4, -0.2) is 28.9 Å². The molecule has 0 saturated carbocycles. The first-order valence-electron chi connectivity index (χ1n) is 6.91. The highest BCUT2D eigenvalue weighted by molar-refractivity contribution is 5.98. The Bertz CT molecular complexity index is 594. The van der Waals surface area contributed by atoms with Crippen LogP contribution in [0.1, 0.15) is 36.2 Å². The molecule has 3 N–H and O–H groups in total. The largest absolute Gasteiger partial charge is 0.399 e. The molecule has 1 aromatic heterocycles. The lowest BCUT2D eigenvalue weighted by molar-refractivity contribution is 0.0757. The Hall–Kier alpha value is -1.97. The molecule has 3 rings (SSSR count). The normalized spacial score (nSPS) is 16.5. The fourth-order valence-corrected chi connectivity index (χ4v) is 2.71. The zero-order valence-corrected chi connectivity index (χ0v) is 11.0. The van der Waals surface area contributed by atoms with Crippen LogP contribution in [0.4, 0.5) is 5.69 Å². The number of nitrogen functional groups attached to an aromatic ring is 1. The number of fused-ring (bicyclic) bond motifs is 1. The third-order valence-corrected chi connectivity index (χ3v) is 3.77. The molecule has 1 aliphatic rings. The molecule has 1 amide bonds. The third kappa shape index (κ3) is 2.43. The predicted molar refractivity (Wildman–Crippen MR) is 77.1 cm³/mol. The Labute approximate surface area is 112 Å². The monoisotopic (exact) mass is 257 g/mol. The number of nitrogens with one attached hydrogen (secondary N) is 1. The number of anilines is 1. The van der Waals surface area contributed by atoms with Gasteiger partial charge in [0.25, 0.3) is 5.91 Å². The maximum atomic E-state index is 12.5. The SMILES string of the molecule is Nc1ccc2[nH]c(C(=O)N3CCCCCC3)cc2c1. The van der Waals surface area contributed by atoms with E-state index in [9.17, 15) is 4.79 Å². The van der Waals surface area contributed by atoms with Gasteiger partial charge in [-0.25, -0.2) is 0 Å². The number of hydrogen-bond acceptors (Lipinski definition) is 2. The van der Waals surface area contributed by atoms with Crippen molar-refractivity contribution in [1.29, 1.82) is 0 Å². The molecule has 1 aliphatic heterocycles. The Morgan fingerprint density at radius 2 is 1.84 bits per heavy atom. The molecule has 100 valence electrons. The van der Waals surface area contributed by atoms with Crippen molar-refractivity contribution in [3.05, 3.63) is 30.0 Å². The number of H-pyrrole nitrogens is 1. The topological polar surface area (TPSA) is 62.1 Å². The van der Waals surface area contributed by atoms with Gasteiger partial charge in [-0.1, -0.05) is 12.8 Å². The first-order chi connectivity index (χ1) is 9.24. The number of hydrogen-bond donors (Lipinski definition) is 2. The van der Waals surface area contributed by atoms with E-state index in [0.29, 0.717) is 5.69 Å². The minimum absolute atomic E-state index is 0.108. The zero-order valence-electron chi connectivity index (χ0n) is 11.0. The number of benzene rings is 1. The van der Waals surface area contributed by atoms with E-state index in [2.05, 4.69) is 4.98 Å². The average Bonchev–Trinajstić information content (AvgIpc) is 2.64. The van der Waals surface area contributed by atoms with Crippen molar-refractivity contribution in [2.24, 2.45) is 0 Å². The number of likely N-dealkylation sites (tertiary alicyclic amines) is 1. The van der Waals surface area contributed by atoms with Gasteiger partial charge in [0.2, 0.25) is 0 Å². The molecule has 2 heterocycles. The van der Waals surface area contributed by atoms with Gasteiger partial charge >= 0.3 is 0 Å². The summed E-state index contributed by atoms with van der Waals surface area (Å²) in [4.78, 5) is 17.6. The molecule has 19 heavy (non-hydrogen) atoms. The Balaban J connectivity index is 1.88. The van der Waals surface area contributed by atoms with E-state index in [1.807, 2.05) is 29.2 Å². The molecule has 0 spiro atoms. The molecular weight excluding hydrogens is 238 g/mol. The fourth-order valence-electron chi connectivity index (χ4n) is 2.71. The van der Waals surface area contributed by atoms with Crippen LogP contribution in [0.2, 0.25) is 0 Å². The zero-order chi connectivity index (χ0) is 13.2. The molecule has 0 bridgehead atoms. The molecule has 2 aromatic rings. The summed E-state index contributed by atoms with van der Waals surface area (Å²) in [5.41, 5.74) is 8.12. The summed E-state index contributed by atoms with van der Waals surface area (Å²) in [6.45, 7) is 1.74. The van der Waals surface area contributed by atoms with Crippen molar-refractivity contribution in [2.75, 3.05) is 18.8 Å². The van der Waals surface area contributed by atoms with Gasteiger partial charge in [-0.15, -0.1) is 0 Å². The number of carbonyl (C=O) groups is 1. The summed E-state index contributed by atoms with van der Waals surface area (Å²) in [7, 11) is 0. The second-order valence-corrected chi connectivity index (χ2v) is 5.24. The summed E-state index contributed by atoms with van der Waals surface area (Å²) < 4.78 is 0. The minimum atomic E-state index is 0.108. The van der Waals surface area contributed by atoms with E-state index in [4.69, 9.17) is 5.73 Å². The molecule has 1 aromatic carbocycles. The molecule has 0 atom stereocenters. The van der Waals surface area contributed by atoms with Crippen LogP contribution in [0, 0.1) is 0 Å². The molecular formula is C15H19N3O. The first kappa shape index (κ1) is 12.1. The summed E-state index contributed by atoms with van der Waals surface area (Å²) in [6, 6.07) is 7.56. The van der Waals surface area contributed by atoms with Gasteiger partial charge in [0.15, 0.2) is 0 Å². The van der Waals surface area contributed by atoms with E-state index in [-0.39, 0.29) is 5.91 Å². The van der Waals surface area contributed by atoms with Crippen LogP contribution in [0.15, 0.2) is 24.3 Å². The third-order valence-electron chi connectivity index (χ3n) is 3.77. The van der Waals surface area contributed by atoms with Crippen molar-refractivity contribution < 1.29 is 4.79 Å². The van der Waals surface area contributed by atoms with Gasteiger partial charge in [-0.05, 0) is 37.1 Å². The van der Waals surface area contributed by atoms with Gasteiger partial charge in [0, 0.05) is 29.7 Å². The van der Waals surface area contributed by atoms with Crippen LogP contribution >= 0.6 is 0 Å². The summed E-state index contributed by atoms with van der Waals surface area (Å²) >= 11 is 0. The molecule has 0 aliphatic carbocycles. The number of aromatic amines is 1. The van der Waals surface area contributed by atoms with Crippen LogP contribution in [0.25, 0.3) is 10.9 Å². The maximum Gasteiger partial charge on any atom is 0.270 e. The lowest BCUT2D eigenvalue weighted by atomic mass is 10.2. The van der Waals surface area contributed by atoms with E-state index in [1.165, 1.54) is 12.8 Å². The van der Waals surface area contributed by atoms with Crippen molar-refractivity contribution in [2.45, 2.75) is 25.7 Å². The molecule has 4 heteroatoms. The lowest BCUT2D eigenvalue weighted by Crippen LogP contribution is -2.32. The van der Waals surface area contributed by atoms with E-state index in [0.717, 1.165) is 42.5 Å². The molecule has 0 radical (unpaired) electrons.